The zero-order chi connectivity index (χ0) is 18.4. The van der Waals surface area contributed by atoms with Crippen molar-refractivity contribution in [1.29, 1.82) is 0 Å². The summed E-state index contributed by atoms with van der Waals surface area (Å²) in [6.45, 7) is 3.77. The number of carbonyl (C=O) groups is 1. The summed E-state index contributed by atoms with van der Waals surface area (Å²) >= 11 is 0. The van der Waals surface area contributed by atoms with Gasteiger partial charge in [0, 0.05) is 18.8 Å². The molecule has 2 fully saturated rings. The Morgan fingerprint density at radius 3 is 3.11 bits per heavy atom. The first-order chi connectivity index (χ1) is 13.2. The van der Waals surface area contributed by atoms with Gasteiger partial charge in [0.1, 0.15) is 5.65 Å². The summed E-state index contributed by atoms with van der Waals surface area (Å²) in [6.07, 6.45) is 8.05. The topological polar surface area (TPSA) is 88.6 Å². The van der Waals surface area contributed by atoms with Gasteiger partial charge in [0.25, 0.3) is 11.7 Å². The number of aromatic nitrogens is 4. The van der Waals surface area contributed by atoms with E-state index in [1.807, 2.05) is 18.5 Å². The van der Waals surface area contributed by atoms with Gasteiger partial charge >= 0.3 is 0 Å². The van der Waals surface area contributed by atoms with E-state index in [2.05, 4.69) is 42.7 Å². The molecule has 2 aliphatic rings. The normalized spacial score (nSPS) is 20.4. The van der Waals surface area contributed by atoms with Crippen molar-refractivity contribution in [2.75, 3.05) is 6.54 Å². The van der Waals surface area contributed by atoms with Crippen molar-refractivity contribution >= 4 is 11.6 Å². The van der Waals surface area contributed by atoms with E-state index in [1.54, 1.807) is 0 Å². The highest BCUT2D eigenvalue weighted by Crippen LogP contribution is 2.32. The minimum atomic E-state index is -0.241. The molecule has 0 aromatic carbocycles. The third kappa shape index (κ3) is 3.10. The van der Waals surface area contributed by atoms with Crippen molar-refractivity contribution in [1.82, 2.24) is 29.7 Å². The van der Waals surface area contributed by atoms with E-state index >= 15 is 0 Å². The van der Waals surface area contributed by atoms with Crippen molar-refractivity contribution in [2.24, 2.45) is 0 Å². The molecule has 0 spiro atoms. The SMILES string of the molecule is Cc1cccn2c(CN3CCC[C@H]3c3nc(C(=O)NC4CC4)no3)cnc12. The lowest BCUT2D eigenvalue weighted by atomic mass is 10.2. The van der Waals surface area contributed by atoms with Crippen molar-refractivity contribution < 1.29 is 9.32 Å². The molecule has 8 nitrogen and oxygen atoms in total. The van der Waals surface area contributed by atoms with Gasteiger partial charge in [0.2, 0.25) is 5.89 Å². The van der Waals surface area contributed by atoms with Crippen LogP contribution in [0.4, 0.5) is 0 Å². The molecule has 140 valence electrons. The predicted octanol–water partition coefficient (Wildman–Crippen LogP) is 2.26. The number of nitrogens with zero attached hydrogens (tertiary/aromatic N) is 5. The maximum atomic E-state index is 12.1. The van der Waals surface area contributed by atoms with Gasteiger partial charge in [-0.2, -0.15) is 4.98 Å². The molecular formula is C19H22N6O2. The molecule has 1 aliphatic heterocycles. The summed E-state index contributed by atoms with van der Waals surface area (Å²) in [5.41, 5.74) is 3.27. The number of likely N-dealkylation sites (tertiary alicyclic amines) is 1. The molecule has 1 amide bonds. The first-order valence-corrected chi connectivity index (χ1v) is 9.49. The van der Waals surface area contributed by atoms with E-state index < -0.39 is 0 Å². The van der Waals surface area contributed by atoms with Gasteiger partial charge in [-0.15, -0.1) is 0 Å². The Labute approximate surface area is 156 Å². The second-order valence-corrected chi connectivity index (χ2v) is 7.47. The molecular weight excluding hydrogens is 344 g/mol. The van der Waals surface area contributed by atoms with E-state index in [0.717, 1.165) is 55.7 Å². The molecule has 0 radical (unpaired) electrons. The van der Waals surface area contributed by atoms with Crippen LogP contribution in [0.2, 0.25) is 0 Å². The minimum Gasteiger partial charge on any atom is -0.346 e. The second-order valence-electron chi connectivity index (χ2n) is 7.47. The molecule has 5 rings (SSSR count). The van der Waals surface area contributed by atoms with Crippen molar-refractivity contribution in [3.63, 3.8) is 0 Å². The first kappa shape index (κ1) is 16.4. The lowest BCUT2D eigenvalue weighted by Gasteiger charge is -2.21. The zero-order valence-corrected chi connectivity index (χ0v) is 15.3. The number of imidazole rings is 1. The Bertz CT molecular complexity index is 989. The van der Waals surface area contributed by atoms with Crippen LogP contribution in [0.5, 0.6) is 0 Å². The molecule has 3 aromatic rings. The Morgan fingerprint density at radius 2 is 2.26 bits per heavy atom. The molecule has 0 unspecified atom stereocenters. The molecule has 0 bridgehead atoms. The van der Waals surface area contributed by atoms with Gasteiger partial charge in [-0.05, 0) is 50.8 Å². The lowest BCUT2D eigenvalue weighted by molar-refractivity contribution is 0.0937. The van der Waals surface area contributed by atoms with Crippen LogP contribution in [0.1, 0.15) is 59.5 Å². The Morgan fingerprint density at radius 1 is 1.37 bits per heavy atom. The van der Waals surface area contributed by atoms with Gasteiger partial charge < -0.3 is 14.2 Å². The summed E-state index contributed by atoms with van der Waals surface area (Å²) in [6, 6.07) is 4.42. The minimum absolute atomic E-state index is 0.0373. The number of carbonyl (C=O) groups excluding carboxylic acids is 1. The Balaban J connectivity index is 1.35. The van der Waals surface area contributed by atoms with E-state index in [4.69, 9.17) is 4.52 Å². The van der Waals surface area contributed by atoms with Crippen molar-refractivity contribution in [3.8, 4) is 0 Å². The quantitative estimate of drug-likeness (QED) is 0.745. The highest BCUT2D eigenvalue weighted by Gasteiger charge is 2.33. The van der Waals surface area contributed by atoms with E-state index in [0.29, 0.717) is 5.89 Å². The molecule has 27 heavy (non-hydrogen) atoms. The van der Waals surface area contributed by atoms with Crippen LogP contribution in [0.3, 0.4) is 0 Å². The average molecular weight is 366 g/mol. The lowest BCUT2D eigenvalue weighted by Crippen LogP contribution is -2.27. The van der Waals surface area contributed by atoms with Gasteiger partial charge in [-0.3, -0.25) is 9.69 Å². The zero-order valence-electron chi connectivity index (χ0n) is 15.3. The molecule has 8 heteroatoms. The molecule has 1 saturated carbocycles. The number of pyridine rings is 1. The monoisotopic (exact) mass is 366 g/mol. The second kappa shape index (κ2) is 6.45. The number of rotatable bonds is 5. The smallest absolute Gasteiger partial charge is 0.292 e. The molecule has 3 aromatic heterocycles. The summed E-state index contributed by atoms with van der Waals surface area (Å²) < 4.78 is 7.57. The van der Waals surface area contributed by atoms with Crippen LogP contribution in [-0.4, -0.2) is 42.9 Å². The van der Waals surface area contributed by atoms with Crippen LogP contribution in [0.15, 0.2) is 29.0 Å². The highest BCUT2D eigenvalue weighted by atomic mass is 16.5. The standard InChI is InChI=1S/C19H22N6O2/c1-12-4-2-9-25-14(10-20-17(12)25)11-24-8-3-5-15(24)19-22-16(23-27-19)18(26)21-13-6-7-13/h2,4,9-10,13,15H,3,5-8,11H2,1H3,(H,21,26)/t15-/m0/s1. The van der Waals surface area contributed by atoms with Crippen molar-refractivity contribution in [2.45, 2.75) is 51.2 Å². The highest BCUT2D eigenvalue weighted by molar-refractivity contribution is 5.90. The summed E-state index contributed by atoms with van der Waals surface area (Å²) in [5.74, 6) is 0.418. The maximum Gasteiger partial charge on any atom is 0.292 e. The van der Waals surface area contributed by atoms with Crippen LogP contribution >= 0.6 is 0 Å². The fourth-order valence-electron chi connectivity index (χ4n) is 3.76. The number of aryl methyl sites for hydroxylation is 1. The number of hydrogen-bond donors (Lipinski definition) is 1. The van der Waals surface area contributed by atoms with Gasteiger partial charge in [-0.25, -0.2) is 4.98 Å². The number of nitrogens with one attached hydrogen (secondary N) is 1. The summed E-state index contributed by atoms with van der Waals surface area (Å²) in [7, 11) is 0. The summed E-state index contributed by atoms with van der Waals surface area (Å²) in [5, 5.41) is 6.79. The number of fused-ring (bicyclic) bond motifs is 1. The van der Waals surface area contributed by atoms with E-state index in [1.165, 1.54) is 0 Å². The Hall–Kier alpha value is -2.74. The predicted molar refractivity (Wildman–Crippen MR) is 97.1 cm³/mol. The molecule has 1 saturated heterocycles. The van der Waals surface area contributed by atoms with E-state index in [-0.39, 0.29) is 23.8 Å². The van der Waals surface area contributed by atoms with Crippen molar-refractivity contribution in [3.05, 3.63) is 47.5 Å². The van der Waals surface area contributed by atoms with E-state index in [9.17, 15) is 4.79 Å². The van der Waals surface area contributed by atoms with Gasteiger partial charge in [0.05, 0.1) is 17.9 Å². The summed E-state index contributed by atoms with van der Waals surface area (Å²) in [4.78, 5) is 23.4. The first-order valence-electron chi connectivity index (χ1n) is 9.49. The fraction of sp³-hybridized carbons (Fsp3) is 0.474. The van der Waals surface area contributed by atoms with Crippen LogP contribution in [0.25, 0.3) is 5.65 Å². The molecule has 1 aliphatic carbocycles. The maximum absolute atomic E-state index is 12.1. The van der Waals surface area contributed by atoms with Gasteiger partial charge in [0.15, 0.2) is 0 Å². The average Bonchev–Trinajstić information content (AvgIpc) is 3.06. The fourth-order valence-corrected chi connectivity index (χ4v) is 3.76. The Kier molecular flexibility index (Phi) is 3.93. The van der Waals surface area contributed by atoms with Crippen LogP contribution in [0, 0.1) is 6.92 Å². The molecule has 1 N–H and O–H groups in total. The molecule has 1 atom stereocenters. The largest absolute Gasteiger partial charge is 0.346 e. The third-order valence-corrected chi connectivity index (χ3v) is 5.38. The van der Waals surface area contributed by atoms with Crippen LogP contribution in [-0.2, 0) is 6.54 Å². The number of hydrogen-bond acceptors (Lipinski definition) is 6. The van der Waals surface area contributed by atoms with Crippen LogP contribution < -0.4 is 5.32 Å². The number of amides is 1. The van der Waals surface area contributed by atoms with Gasteiger partial charge in [-0.1, -0.05) is 11.2 Å². The third-order valence-electron chi connectivity index (χ3n) is 5.38. The molecule has 4 heterocycles.